The summed E-state index contributed by atoms with van der Waals surface area (Å²) in [6.07, 6.45) is 6.61. The number of benzene rings is 2. The van der Waals surface area contributed by atoms with Gasteiger partial charge in [-0.2, -0.15) is 5.10 Å². The van der Waals surface area contributed by atoms with Crippen molar-refractivity contribution in [2.24, 2.45) is 0 Å². The number of halogens is 1. The van der Waals surface area contributed by atoms with E-state index in [0.717, 1.165) is 22.0 Å². The molecule has 160 valence electrons. The molecule has 0 aliphatic heterocycles. The number of fused-ring (bicyclic) bond motifs is 2. The Morgan fingerprint density at radius 3 is 2.73 bits per heavy atom. The highest BCUT2D eigenvalue weighted by Gasteiger charge is 2.17. The number of hydrogen-bond donors (Lipinski definition) is 2. The van der Waals surface area contributed by atoms with Gasteiger partial charge < -0.3 is 9.72 Å². The molecule has 4 aromatic heterocycles. The molecule has 0 aliphatic rings. The van der Waals surface area contributed by atoms with Crippen LogP contribution >= 0.6 is 0 Å². The molecule has 9 heteroatoms. The van der Waals surface area contributed by atoms with Crippen molar-refractivity contribution in [2.45, 2.75) is 0 Å². The van der Waals surface area contributed by atoms with E-state index in [-0.39, 0.29) is 5.82 Å². The highest BCUT2D eigenvalue weighted by atomic mass is 19.1. The molecule has 2 N–H and O–H groups in total. The van der Waals surface area contributed by atoms with Gasteiger partial charge >= 0.3 is 0 Å². The Balaban J connectivity index is 1.50. The number of imidazole rings is 1. The van der Waals surface area contributed by atoms with Gasteiger partial charge in [0.1, 0.15) is 23.0 Å². The van der Waals surface area contributed by atoms with E-state index in [1.165, 1.54) is 19.2 Å². The van der Waals surface area contributed by atoms with Crippen LogP contribution in [0.25, 0.3) is 56.0 Å². The summed E-state index contributed by atoms with van der Waals surface area (Å²) >= 11 is 0. The average molecular weight is 437 g/mol. The van der Waals surface area contributed by atoms with Crippen LogP contribution in [0.5, 0.6) is 5.75 Å². The summed E-state index contributed by atoms with van der Waals surface area (Å²) in [6, 6.07) is 12.2. The molecule has 0 amide bonds. The van der Waals surface area contributed by atoms with Gasteiger partial charge in [-0.1, -0.05) is 12.1 Å². The minimum absolute atomic E-state index is 0.376. The van der Waals surface area contributed by atoms with Crippen molar-refractivity contribution < 1.29 is 9.13 Å². The van der Waals surface area contributed by atoms with Gasteiger partial charge in [-0.25, -0.2) is 9.37 Å². The first-order valence-electron chi connectivity index (χ1n) is 10.1. The van der Waals surface area contributed by atoms with E-state index < -0.39 is 0 Å². The number of nitrogens with one attached hydrogen (secondary N) is 2. The minimum atomic E-state index is -0.376. The molecular weight excluding hydrogens is 421 g/mol. The summed E-state index contributed by atoms with van der Waals surface area (Å²) in [4.78, 5) is 21.0. The summed E-state index contributed by atoms with van der Waals surface area (Å²) in [5.41, 5.74) is 5.75. The lowest BCUT2D eigenvalue weighted by Crippen LogP contribution is -1.88. The molecule has 6 aromatic rings. The molecule has 8 nitrogen and oxygen atoms in total. The topological polar surface area (TPSA) is 105 Å². The second-order valence-electron chi connectivity index (χ2n) is 7.44. The van der Waals surface area contributed by atoms with Crippen molar-refractivity contribution in [3.63, 3.8) is 0 Å². The quantitative estimate of drug-likeness (QED) is 0.411. The van der Waals surface area contributed by atoms with Crippen LogP contribution < -0.4 is 4.74 Å². The maximum absolute atomic E-state index is 14.1. The third-order valence-electron chi connectivity index (χ3n) is 5.43. The van der Waals surface area contributed by atoms with Gasteiger partial charge in [-0.15, -0.1) is 0 Å². The van der Waals surface area contributed by atoms with E-state index in [1.54, 1.807) is 30.9 Å². The SMILES string of the molecule is COc1cc(F)cc(-c2cccc3[nH]c(-c4n[nH]c5cnc(-c6cnccn6)cc45)nc23)c1. The predicted octanol–water partition coefficient (Wildman–Crippen LogP) is 4.77. The predicted molar refractivity (Wildman–Crippen MR) is 122 cm³/mol. The molecule has 33 heavy (non-hydrogen) atoms. The second kappa shape index (κ2) is 7.49. The summed E-state index contributed by atoms with van der Waals surface area (Å²) < 4.78 is 19.4. The number of aromatic nitrogens is 7. The number of hydrogen-bond acceptors (Lipinski definition) is 6. The number of H-pyrrole nitrogens is 2. The molecule has 2 aromatic carbocycles. The highest BCUT2D eigenvalue weighted by Crippen LogP contribution is 2.33. The summed E-state index contributed by atoms with van der Waals surface area (Å²) in [5.74, 6) is 0.655. The summed E-state index contributed by atoms with van der Waals surface area (Å²) in [6.45, 7) is 0. The Morgan fingerprint density at radius 2 is 1.88 bits per heavy atom. The molecule has 6 rings (SSSR count). The molecule has 0 fully saturated rings. The Morgan fingerprint density at radius 1 is 0.939 bits per heavy atom. The number of aromatic amines is 2. The van der Waals surface area contributed by atoms with Crippen molar-refractivity contribution in [1.29, 1.82) is 0 Å². The van der Waals surface area contributed by atoms with Gasteiger partial charge in [-0.3, -0.25) is 20.1 Å². The lowest BCUT2D eigenvalue weighted by Gasteiger charge is -2.06. The number of nitrogens with zero attached hydrogens (tertiary/aromatic N) is 5. The first-order valence-corrected chi connectivity index (χ1v) is 10.1. The zero-order valence-electron chi connectivity index (χ0n) is 17.4. The molecule has 0 bridgehead atoms. The average Bonchev–Trinajstić information content (AvgIpc) is 3.47. The van der Waals surface area contributed by atoms with Gasteiger partial charge in [-0.05, 0) is 29.8 Å². The fourth-order valence-corrected chi connectivity index (χ4v) is 3.88. The van der Waals surface area contributed by atoms with Crippen molar-refractivity contribution >= 4 is 21.9 Å². The van der Waals surface area contributed by atoms with Crippen molar-refractivity contribution in [3.05, 3.63) is 73.1 Å². The highest BCUT2D eigenvalue weighted by molar-refractivity contribution is 5.97. The fraction of sp³-hybridized carbons (Fsp3) is 0.0417. The number of pyridine rings is 1. The van der Waals surface area contributed by atoms with Crippen LogP contribution in [0.3, 0.4) is 0 Å². The summed E-state index contributed by atoms with van der Waals surface area (Å²) in [7, 11) is 1.51. The number of para-hydroxylation sites is 1. The van der Waals surface area contributed by atoms with Gasteiger partial charge in [0.25, 0.3) is 0 Å². The van der Waals surface area contributed by atoms with E-state index in [9.17, 15) is 4.39 Å². The maximum Gasteiger partial charge on any atom is 0.159 e. The molecule has 0 radical (unpaired) electrons. The minimum Gasteiger partial charge on any atom is -0.497 e. The third kappa shape index (κ3) is 3.26. The molecule has 4 heterocycles. The zero-order valence-corrected chi connectivity index (χ0v) is 17.4. The van der Waals surface area contributed by atoms with Crippen LogP contribution in [0.15, 0.2) is 67.3 Å². The molecule has 0 saturated heterocycles. The summed E-state index contributed by atoms with van der Waals surface area (Å²) in [5, 5.41) is 8.31. The van der Waals surface area contributed by atoms with E-state index >= 15 is 0 Å². The van der Waals surface area contributed by atoms with E-state index in [4.69, 9.17) is 9.72 Å². The van der Waals surface area contributed by atoms with Crippen LogP contribution in [0.4, 0.5) is 4.39 Å². The molecule has 0 unspecified atom stereocenters. The number of rotatable bonds is 4. The smallest absolute Gasteiger partial charge is 0.159 e. The molecule has 0 atom stereocenters. The number of methoxy groups -OCH3 is 1. The Bertz CT molecular complexity index is 1620. The van der Waals surface area contributed by atoms with Crippen LogP contribution in [0, 0.1) is 5.82 Å². The first kappa shape index (κ1) is 19.1. The lowest BCUT2D eigenvalue weighted by atomic mass is 10.0. The Hall–Kier alpha value is -4.66. The fourth-order valence-electron chi connectivity index (χ4n) is 3.88. The maximum atomic E-state index is 14.1. The van der Waals surface area contributed by atoms with Gasteiger partial charge in [0.15, 0.2) is 5.82 Å². The van der Waals surface area contributed by atoms with Crippen LogP contribution in [0.2, 0.25) is 0 Å². The van der Waals surface area contributed by atoms with Crippen LogP contribution in [-0.2, 0) is 0 Å². The van der Waals surface area contributed by atoms with Crippen LogP contribution in [-0.4, -0.2) is 42.2 Å². The van der Waals surface area contributed by atoms with Gasteiger partial charge in [0, 0.05) is 29.4 Å². The molecular formula is C24H16FN7O. The largest absolute Gasteiger partial charge is 0.497 e. The standard InChI is InChI=1S/C24H16FN7O/c1-33-15-8-13(7-14(25)9-15)16-3-2-4-18-22(16)30-24(29-18)23-17-10-19(21-11-26-5-6-27-21)28-12-20(17)31-32-23/h2-12H,1H3,(H,29,30)(H,31,32). The third-order valence-corrected chi connectivity index (χ3v) is 5.43. The molecule has 0 spiro atoms. The number of ether oxygens (including phenoxy) is 1. The van der Waals surface area contributed by atoms with Gasteiger partial charge in [0.05, 0.1) is 41.7 Å². The normalized spacial score (nSPS) is 11.3. The van der Waals surface area contributed by atoms with Crippen molar-refractivity contribution in [2.75, 3.05) is 7.11 Å². The monoisotopic (exact) mass is 437 g/mol. The molecule has 0 saturated carbocycles. The molecule has 0 aliphatic carbocycles. The van der Waals surface area contributed by atoms with E-state index in [0.29, 0.717) is 39.7 Å². The first-order chi connectivity index (χ1) is 16.2. The van der Waals surface area contributed by atoms with E-state index in [2.05, 4.69) is 30.1 Å². The van der Waals surface area contributed by atoms with Gasteiger partial charge in [0.2, 0.25) is 0 Å². The Kier molecular flexibility index (Phi) is 4.32. The lowest BCUT2D eigenvalue weighted by molar-refractivity contribution is 0.411. The van der Waals surface area contributed by atoms with E-state index in [1.807, 2.05) is 24.3 Å². The van der Waals surface area contributed by atoms with Crippen LogP contribution in [0.1, 0.15) is 0 Å². The zero-order chi connectivity index (χ0) is 22.4. The second-order valence-corrected chi connectivity index (χ2v) is 7.44. The van der Waals surface area contributed by atoms with Crippen molar-refractivity contribution in [3.8, 4) is 39.8 Å². The van der Waals surface area contributed by atoms with Crippen molar-refractivity contribution in [1.82, 2.24) is 35.1 Å². The Labute approximate surface area is 186 Å².